The van der Waals surface area contributed by atoms with E-state index in [0.717, 1.165) is 0 Å². The molecule has 3 N–H and O–H groups in total. The maximum atomic E-state index is 11.9. The summed E-state index contributed by atoms with van der Waals surface area (Å²) in [7, 11) is 1.61. The number of rotatable bonds is 8. The van der Waals surface area contributed by atoms with E-state index < -0.39 is 0 Å². The van der Waals surface area contributed by atoms with Gasteiger partial charge in [-0.1, -0.05) is 5.16 Å². The number of hydrogen-bond donors (Lipinski definition) is 2. The van der Waals surface area contributed by atoms with Gasteiger partial charge < -0.3 is 20.6 Å². The Kier molecular flexibility index (Phi) is 8.13. The highest BCUT2D eigenvalue weighted by molar-refractivity contribution is 5.81. The highest BCUT2D eigenvalue weighted by Gasteiger charge is 2.16. The molecule has 0 bridgehead atoms. The third-order valence-corrected chi connectivity index (χ3v) is 2.42. The normalized spacial score (nSPS) is 11.9. The quantitative estimate of drug-likeness (QED) is 0.217. The van der Waals surface area contributed by atoms with Gasteiger partial charge in [0.2, 0.25) is 5.91 Å². The fourth-order valence-electron chi connectivity index (χ4n) is 1.47. The lowest BCUT2D eigenvalue weighted by molar-refractivity contribution is -0.133. The van der Waals surface area contributed by atoms with Gasteiger partial charge in [-0.15, -0.1) is 0 Å². The second-order valence-electron chi connectivity index (χ2n) is 4.12. The minimum absolute atomic E-state index is 0.0720. The Morgan fingerprint density at radius 3 is 2.59 bits per heavy atom. The van der Waals surface area contributed by atoms with Crippen LogP contribution in [-0.4, -0.2) is 48.2 Å². The van der Waals surface area contributed by atoms with Gasteiger partial charge >= 0.3 is 0 Å². The van der Waals surface area contributed by atoms with Crippen LogP contribution in [-0.2, 0) is 9.53 Å². The second-order valence-corrected chi connectivity index (χ2v) is 4.12. The smallest absolute Gasteiger partial charge is 0.222 e. The highest BCUT2D eigenvalue weighted by atomic mass is 16.5. The minimum atomic E-state index is 0.0720. The Labute approximate surface area is 102 Å². The summed E-state index contributed by atoms with van der Waals surface area (Å²) in [6.07, 6.45) is 1.55. The molecule has 0 atom stereocenters. The van der Waals surface area contributed by atoms with Crippen molar-refractivity contribution in [1.29, 1.82) is 0 Å². The van der Waals surface area contributed by atoms with E-state index >= 15 is 0 Å². The molecule has 0 aromatic rings. The van der Waals surface area contributed by atoms with Gasteiger partial charge in [0.05, 0.1) is 0 Å². The van der Waals surface area contributed by atoms with Crippen LogP contribution < -0.4 is 5.73 Å². The van der Waals surface area contributed by atoms with Crippen LogP contribution in [0.3, 0.4) is 0 Å². The summed E-state index contributed by atoms with van der Waals surface area (Å²) in [4.78, 5) is 13.6. The average Bonchev–Trinajstić information content (AvgIpc) is 2.28. The number of methoxy groups -OCH3 is 1. The molecule has 0 aromatic heterocycles. The molecule has 0 rings (SSSR count). The summed E-state index contributed by atoms with van der Waals surface area (Å²) in [5.74, 6) is 0.211. The average molecular weight is 245 g/mol. The monoisotopic (exact) mass is 245 g/mol. The predicted octanol–water partition coefficient (Wildman–Crippen LogP) is 0.787. The lowest BCUT2D eigenvalue weighted by Gasteiger charge is -2.26. The van der Waals surface area contributed by atoms with Crippen molar-refractivity contribution in [2.24, 2.45) is 10.9 Å². The van der Waals surface area contributed by atoms with Crippen molar-refractivity contribution in [3.05, 3.63) is 0 Å². The first-order valence-electron chi connectivity index (χ1n) is 5.77. The summed E-state index contributed by atoms with van der Waals surface area (Å²) >= 11 is 0. The third-order valence-electron chi connectivity index (χ3n) is 2.42. The molecule has 0 heterocycles. The standard InChI is InChI=1S/C11H23N3O3/c1-9(2)14(7-6-10(12)13-16)11(15)5-4-8-17-3/h9,16H,4-8H2,1-3H3,(H2,12,13). The van der Waals surface area contributed by atoms with Crippen LogP contribution in [0, 0.1) is 0 Å². The number of carbonyl (C=O) groups excluding carboxylic acids is 1. The molecule has 0 aliphatic carbocycles. The summed E-state index contributed by atoms with van der Waals surface area (Å²) < 4.78 is 4.91. The van der Waals surface area contributed by atoms with Crippen LogP contribution in [0.2, 0.25) is 0 Å². The van der Waals surface area contributed by atoms with Gasteiger partial charge in [0, 0.05) is 39.1 Å². The lowest BCUT2D eigenvalue weighted by atomic mass is 10.2. The number of nitrogens with zero attached hydrogens (tertiary/aromatic N) is 2. The van der Waals surface area contributed by atoms with Gasteiger partial charge in [-0.25, -0.2) is 0 Å². The second kappa shape index (κ2) is 8.81. The van der Waals surface area contributed by atoms with Crippen LogP contribution >= 0.6 is 0 Å². The van der Waals surface area contributed by atoms with Gasteiger partial charge in [-0.2, -0.15) is 0 Å². The minimum Gasteiger partial charge on any atom is -0.409 e. The van der Waals surface area contributed by atoms with Crippen LogP contribution in [0.1, 0.15) is 33.1 Å². The Morgan fingerprint density at radius 2 is 2.12 bits per heavy atom. The fourth-order valence-corrected chi connectivity index (χ4v) is 1.47. The molecule has 100 valence electrons. The van der Waals surface area contributed by atoms with E-state index in [-0.39, 0.29) is 17.8 Å². The zero-order chi connectivity index (χ0) is 13.3. The van der Waals surface area contributed by atoms with Crippen molar-refractivity contribution >= 4 is 11.7 Å². The summed E-state index contributed by atoms with van der Waals surface area (Å²) in [6.45, 7) is 4.94. The van der Waals surface area contributed by atoms with Crippen molar-refractivity contribution in [3.63, 3.8) is 0 Å². The van der Waals surface area contributed by atoms with Crippen molar-refractivity contribution in [2.75, 3.05) is 20.3 Å². The Morgan fingerprint density at radius 1 is 1.47 bits per heavy atom. The zero-order valence-corrected chi connectivity index (χ0v) is 10.8. The summed E-state index contributed by atoms with van der Waals surface area (Å²) in [5, 5.41) is 11.3. The van der Waals surface area contributed by atoms with E-state index in [1.54, 1.807) is 12.0 Å². The van der Waals surface area contributed by atoms with Crippen molar-refractivity contribution in [3.8, 4) is 0 Å². The molecule has 0 aliphatic rings. The van der Waals surface area contributed by atoms with E-state index in [9.17, 15) is 4.79 Å². The molecule has 17 heavy (non-hydrogen) atoms. The number of nitrogens with two attached hydrogens (primary N) is 1. The SMILES string of the molecule is COCCCC(=O)N(CCC(N)=NO)C(C)C. The number of ether oxygens (including phenoxy) is 1. The molecule has 6 heteroatoms. The van der Waals surface area contributed by atoms with Crippen LogP contribution in [0.5, 0.6) is 0 Å². The number of hydrogen-bond acceptors (Lipinski definition) is 4. The van der Waals surface area contributed by atoms with Gasteiger partial charge in [-0.05, 0) is 20.3 Å². The largest absolute Gasteiger partial charge is 0.409 e. The van der Waals surface area contributed by atoms with Crippen LogP contribution in [0.15, 0.2) is 5.16 Å². The molecule has 0 aliphatic heterocycles. The topological polar surface area (TPSA) is 88.2 Å². The fraction of sp³-hybridized carbons (Fsp3) is 0.818. The molecule has 0 radical (unpaired) electrons. The molecular weight excluding hydrogens is 222 g/mol. The molecule has 0 spiro atoms. The Hall–Kier alpha value is -1.30. The van der Waals surface area contributed by atoms with Crippen molar-refractivity contribution < 1.29 is 14.7 Å². The maximum Gasteiger partial charge on any atom is 0.222 e. The first-order chi connectivity index (χ1) is 8.02. The number of carbonyl (C=O) groups is 1. The molecule has 0 saturated carbocycles. The van der Waals surface area contributed by atoms with Crippen LogP contribution in [0.25, 0.3) is 0 Å². The molecular formula is C11H23N3O3. The highest BCUT2D eigenvalue weighted by Crippen LogP contribution is 2.05. The van der Waals surface area contributed by atoms with Gasteiger partial charge in [-0.3, -0.25) is 4.79 Å². The lowest BCUT2D eigenvalue weighted by Crippen LogP contribution is -2.39. The van der Waals surface area contributed by atoms with E-state index in [2.05, 4.69) is 5.16 Å². The predicted molar refractivity (Wildman–Crippen MR) is 66.0 cm³/mol. The number of amides is 1. The van der Waals surface area contributed by atoms with Gasteiger partial charge in [0.1, 0.15) is 5.84 Å². The van der Waals surface area contributed by atoms with E-state index in [1.807, 2.05) is 13.8 Å². The molecule has 1 amide bonds. The Balaban J connectivity index is 4.17. The molecule has 0 saturated heterocycles. The molecule has 0 unspecified atom stereocenters. The van der Waals surface area contributed by atoms with Crippen LogP contribution in [0.4, 0.5) is 0 Å². The summed E-state index contributed by atoms with van der Waals surface area (Å²) in [5.41, 5.74) is 5.39. The van der Waals surface area contributed by atoms with Gasteiger partial charge in [0.15, 0.2) is 0 Å². The number of oxime groups is 1. The molecule has 0 aromatic carbocycles. The summed E-state index contributed by atoms with van der Waals surface area (Å²) in [6, 6.07) is 0.108. The van der Waals surface area contributed by atoms with E-state index in [0.29, 0.717) is 32.4 Å². The molecule has 0 fully saturated rings. The molecule has 6 nitrogen and oxygen atoms in total. The maximum absolute atomic E-state index is 11.9. The first-order valence-corrected chi connectivity index (χ1v) is 5.77. The zero-order valence-electron chi connectivity index (χ0n) is 10.8. The van der Waals surface area contributed by atoms with E-state index in [4.69, 9.17) is 15.7 Å². The van der Waals surface area contributed by atoms with Crippen molar-refractivity contribution in [1.82, 2.24) is 4.90 Å². The van der Waals surface area contributed by atoms with Gasteiger partial charge in [0.25, 0.3) is 0 Å². The third kappa shape index (κ3) is 6.78. The van der Waals surface area contributed by atoms with E-state index in [1.165, 1.54) is 0 Å². The first kappa shape index (κ1) is 15.7. The number of amidine groups is 1. The Bertz CT molecular complexity index is 254. The van der Waals surface area contributed by atoms with Crippen molar-refractivity contribution in [2.45, 2.75) is 39.2 Å².